The van der Waals surface area contributed by atoms with Crippen molar-refractivity contribution in [1.82, 2.24) is 5.32 Å². The minimum Gasteiger partial charge on any atom is -0.477 e. The molecule has 0 aromatic heterocycles. The quantitative estimate of drug-likeness (QED) is 0.814. The molecule has 2 aromatic carbocycles. The number of carbonyl (C=O) groups is 2. The molecule has 0 unspecified atom stereocenters. The zero-order valence-electron chi connectivity index (χ0n) is 12.1. The molecule has 2 aromatic rings. The summed E-state index contributed by atoms with van der Waals surface area (Å²) in [4.78, 5) is 23.5. The van der Waals surface area contributed by atoms with Gasteiger partial charge in [0.15, 0.2) is 0 Å². The number of nitrogens with one attached hydrogen (secondary N) is 1. The first-order valence-electron chi connectivity index (χ1n) is 6.65. The van der Waals surface area contributed by atoms with Crippen molar-refractivity contribution < 1.29 is 14.7 Å². The summed E-state index contributed by atoms with van der Waals surface area (Å²) in [7, 11) is 0. The van der Waals surface area contributed by atoms with Crippen molar-refractivity contribution in [3.63, 3.8) is 0 Å². The maximum absolute atomic E-state index is 12.2. The molecule has 118 valence electrons. The van der Waals surface area contributed by atoms with Crippen LogP contribution >= 0.6 is 23.2 Å². The summed E-state index contributed by atoms with van der Waals surface area (Å²) in [5, 5.41) is 12.4. The van der Waals surface area contributed by atoms with Gasteiger partial charge in [-0.1, -0.05) is 47.0 Å². The number of amides is 1. The number of aliphatic carboxylic acids is 1. The average molecular weight is 350 g/mol. The van der Waals surface area contributed by atoms with Gasteiger partial charge in [0.1, 0.15) is 5.70 Å². The molecule has 23 heavy (non-hydrogen) atoms. The number of benzene rings is 2. The average Bonchev–Trinajstić information content (AvgIpc) is 2.48. The lowest BCUT2D eigenvalue weighted by Crippen LogP contribution is -2.27. The van der Waals surface area contributed by atoms with E-state index in [-0.39, 0.29) is 5.70 Å². The van der Waals surface area contributed by atoms with E-state index in [0.29, 0.717) is 21.2 Å². The number of rotatable bonds is 4. The predicted octanol–water partition coefficient (Wildman–Crippen LogP) is 4.16. The van der Waals surface area contributed by atoms with Crippen molar-refractivity contribution in [2.24, 2.45) is 0 Å². The van der Waals surface area contributed by atoms with E-state index in [1.807, 2.05) is 13.0 Å². The summed E-state index contributed by atoms with van der Waals surface area (Å²) in [6, 6.07) is 11.5. The van der Waals surface area contributed by atoms with Gasteiger partial charge >= 0.3 is 5.97 Å². The number of carboxylic acid groups (broad SMARTS) is 1. The van der Waals surface area contributed by atoms with E-state index in [0.717, 1.165) is 5.56 Å². The molecule has 0 atom stereocenters. The second kappa shape index (κ2) is 7.31. The number of hydrogen-bond acceptors (Lipinski definition) is 2. The number of halogens is 2. The molecule has 6 heteroatoms. The van der Waals surface area contributed by atoms with E-state index >= 15 is 0 Å². The molecule has 0 heterocycles. The van der Waals surface area contributed by atoms with E-state index in [1.165, 1.54) is 12.1 Å². The van der Waals surface area contributed by atoms with Crippen LogP contribution in [0.3, 0.4) is 0 Å². The molecule has 2 N–H and O–H groups in total. The molecular weight excluding hydrogens is 337 g/mol. The van der Waals surface area contributed by atoms with Crippen molar-refractivity contribution in [3.05, 3.63) is 74.9 Å². The Morgan fingerprint density at radius 3 is 2.48 bits per heavy atom. The van der Waals surface area contributed by atoms with Crippen molar-refractivity contribution in [1.29, 1.82) is 0 Å². The van der Waals surface area contributed by atoms with Crippen molar-refractivity contribution in [2.45, 2.75) is 6.92 Å². The Morgan fingerprint density at radius 1 is 1.13 bits per heavy atom. The van der Waals surface area contributed by atoms with Gasteiger partial charge in [0.05, 0.1) is 0 Å². The molecule has 0 aliphatic carbocycles. The number of hydrogen-bond donors (Lipinski definition) is 2. The topological polar surface area (TPSA) is 66.4 Å². The van der Waals surface area contributed by atoms with E-state index in [4.69, 9.17) is 23.2 Å². The molecule has 0 bridgehead atoms. The molecular formula is C17H13Cl2NO3. The fourth-order valence-corrected chi connectivity index (χ4v) is 2.37. The normalized spacial score (nSPS) is 11.2. The van der Waals surface area contributed by atoms with Gasteiger partial charge in [0, 0.05) is 15.6 Å². The maximum atomic E-state index is 12.2. The van der Waals surface area contributed by atoms with Gasteiger partial charge in [-0.05, 0) is 42.8 Å². The van der Waals surface area contributed by atoms with Crippen LogP contribution in [0, 0.1) is 6.92 Å². The highest BCUT2D eigenvalue weighted by molar-refractivity contribution is 6.35. The first-order chi connectivity index (χ1) is 10.9. The second-order valence-electron chi connectivity index (χ2n) is 4.85. The van der Waals surface area contributed by atoms with Gasteiger partial charge in [0.25, 0.3) is 5.91 Å². The van der Waals surface area contributed by atoms with Crippen LogP contribution in [0.1, 0.15) is 21.5 Å². The van der Waals surface area contributed by atoms with Gasteiger partial charge in [-0.3, -0.25) is 4.79 Å². The first-order valence-corrected chi connectivity index (χ1v) is 7.40. The Labute approximate surface area is 143 Å². The molecule has 4 nitrogen and oxygen atoms in total. The minimum atomic E-state index is -1.27. The first kappa shape index (κ1) is 17.1. The SMILES string of the molecule is Cc1cccc(C(=O)NC(=Cc2ccc(Cl)cc2Cl)C(=O)O)c1. The lowest BCUT2D eigenvalue weighted by atomic mass is 10.1. The molecule has 0 saturated heterocycles. The molecule has 0 aliphatic heterocycles. The number of carbonyl (C=O) groups excluding carboxylic acids is 1. The van der Waals surface area contributed by atoms with Gasteiger partial charge in [-0.25, -0.2) is 4.79 Å². The fourth-order valence-electron chi connectivity index (χ4n) is 1.91. The standard InChI is InChI=1S/C17H13Cl2NO3/c1-10-3-2-4-12(7-10)16(21)20-15(17(22)23)8-11-5-6-13(18)9-14(11)19/h2-9H,1H3,(H,20,21)(H,22,23). The maximum Gasteiger partial charge on any atom is 0.352 e. The van der Waals surface area contributed by atoms with Gasteiger partial charge < -0.3 is 10.4 Å². The van der Waals surface area contributed by atoms with E-state index in [2.05, 4.69) is 5.32 Å². The Bertz CT molecular complexity index is 800. The van der Waals surface area contributed by atoms with Crippen LogP contribution in [0.15, 0.2) is 48.2 Å². The van der Waals surface area contributed by atoms with E-state index in [9.17, 15) is 14.7 Å². The van der Waals surface area contributed by atoms with Gasteiger partial charge in [-0.2, -0.15) is 0 Å². The van der Waals surface area contributed by atoms with Crippen LogP contribution < -0.4 is 5.32 Å². The van der Waals surface area contributed by atoms with Gasteiger partial charge in [0.2, 0.25) is 0 Å². The minimum absolute atomic E-state index is 0.277. The molecule has 1 amide bonds. The van der Waals surface area contributed by atoms with Crippen LogP contribution in [0.2, 0.25) is 10.0 Å². The molecule has 2 rings (SSSR count). The summed E-state index contributed by atoms with van der Waals surface area (Å²) in [6.07, 6.45) is 1.29. The largest absolute Gasteiger partial charge is 0.477 e. The Hall–Kier alpha value is -2.30. The highest BCUT2D eigenvalue weighted by atomic mass is 35.5. The van der Waals surface area contributed by atoms with E-state index < -0.39 is 11.9 Å². The van der Waals surface area contributed by atoms with Crippen molar-refractivity contribution in [3.8, 4) is 0 Å². The second-order valence-corrected chi connectivity index (χ2v) is 5.70. The van der Waals surface area contributed by atoms with E-state index in [1.54, 1.807) is 30.3 Å². The van der Waals surface area contributed by atoms with Crippen LogP contribution in [-0.4, -0.2) is 17.0 Å². The van der Waals surface area contributed by atoms with Crippen LogP contribution in [-0.2, 0) is 4.79 Å². The summed E-state index contributed by atoms with van der Waals surface area (Å²) in [5.74, 6) is -1.77. The summed E-state index contributed by atoms with van der Waals surface area (Å²) >= 11 is 11.8. The smallest absolute Gasteiger partial charge is 0.352 e. The summed E-state index contributed by atoms with van der Waals surface area (Å²) < 4.78 is 0. The zero-order chi connectivity index (χ0) is 17.0. The third-order valence-electron chi connectivity index (χ3n) is 3.02. The van der Waals surface area contributed by atoms with Crippen molar-refractivity contribution in [2.75, 3.05) is 0 Å². The Balaban J connectivity index is 2.30. The fraction of sp³-hybridized carbons (Fsp3) is 0.0588. The lowest BCUT2D eigenvalue weighted by Gasteiger charge is -2.08. The number of aryl methyl sites for hydroxylation is 1. The molecule has 0 aliphatic rings. The molecule has 0 saturated carbocycles. The van der Waals surface area contributed by atoms with Gasteiger partial charge in [-0.15, -0.1) is 0 Å². The summed E-state index contributed by atoms with van der Waals surface area (Å²) in [6.45, 7) is 1.85. The number of carboxylic acids is 1. The Kier molecular flexibility index (Phi) is 5.42. The van der Waals surface area contributed by atoms with Crippen molar-refractivity contribution >= 4 is 41.2 Å². The van der Waals surface area contributed by atoms with Crippen LogP contribution in [0.25, 0.3) is 6.08 Å². The summed E-state index contributed by atoms with van der Waals surface area (Å²) in [5.41, 5.74) is 1.44. The van der Waals surface area contributed by atoms with Crippen LogP contribution in [0.4, 0.5) is 0 Å². The lowest BCUT2D eigenvalue weighted by molar-refractivity contribution is -0.132. The third kappa shape index (κ3) is 4.58. The predicted molar refractivity (Wildman–Crippen MR) is 90.7 cm³/mol. The van der Waals surface area contributed by atoms with Crippen LogP contribution in [0.5, 0.6) is 0 Å². The molecule has 0 fully saturated rings. The molecule has 0 spiro atoms. The zero-order valence-corrected chi connectivity index (χ0v) is 13.7. The highest BCUT2D eigenvalue weighted by Crippen LogP contribution is 2.23. The third-order valence-corrected chi connectivity index (χ3v) is 3.58. The monoisotopic (exact) mass is 349 g/mol. The highest BCUT2D eigenvalue weighted by Gasteiger charge is 2.14. The molecule has 0 radical (unpaired) electrons. The Morgan fingerprint density at radius 2 is 1.87 bits per heavy atom.